The lowest BCUT2D eigenvalue weighted by atomic mass is 9.84. The Morgan fingerprint density at radius 2 is 1.59 bits per heavy atom. The number of ether oxygens (including phenoxy) is 1. The number of hydrogen-bond acceptors (Lipinski definition) is 4. The van der Waals surface area contributed by atoms with Gasteiger partial charge in [-0.25, -0.2) is 4.39 Å². The molecule has 0 bridgehead atoms. The Morgan fingerprint density at radius 3 is 2.10 bits per heavy atom. The van der Waals surface area contributed by atoms with Crippen molar-refractivity contribution in [2.24, 2.45) is 5.73 Å². The Morgan fingerprint density at radius 1 is 1.02 bits per heavy atom. The summed E-state index contributed by atoms with van der Waals surface area (Å²) in [6.45, 7) is 4.37. The number of fused-ring (bicyclic) bond motifs is 1. The molecule has 2 heterocycles. The topological polar surface area (TPSA) is 84.7 Å². The van der Waals surface area contributed by atoms with Gasteiger partial charge in [0.2, 0.25) is 11.8 Å². The van der Waals surface area contributed by atoms with Crippen LogP contribution in [0, 0.1) is 5.82 Å². The normalized spacial score (nSPS) is 24.3. The van der Waals surface area contributed by atoms with Crippen LogP contribution in [-0.4, -0.2) is 47.0 Å². The highest BCUT2D eigenvalue weighted by Gasteiger charge is 2.50. The van der Waals surface area contributed by atoms with E-state index in [2.05, 4.69) is 5.32 Å². The second-order valence-electron chi connectivity index (χ2n) is 11.2. The first-order chi connectivity index (χ1) is 18.8. The SMILES string of the molecule is C[C@@H](O[C@H]1CN2C(=O)CC(NC(=O)C(C)(C)N)CC2C1c1ccc(F)cc1)c1cc(C(F)(F)F)cc(C(F)(F)F)c1. The maximum absolute atomic E-state index is 13.7. The van der Waals surface area contributed by atoms with Gasteiger partial charge in [0.1, 0.15) is 5.82 Å². The van der Waals surface area contributed by atoms with Crippen molar-refractivity contribution >= 4 is 11.8 Å². The van der Waals surface area contributed by atoms with E-state index in [-0.39, 0.29) is 36.9 Å². The minimum atomic E-state index is -5.02. The van der Waals surface area contributed by atoms with Crippen LogP contribution in [0.4, 0.5) is 30.7 Å². The molecule has 0 saturated carbocycles. The molecule has 0 aromatic heterocycles. The van der Waals surface area contributed by atoms with Crippen LogP contribution in [0.2, 0.25) is 0 Å². The first-order valence-electron chi connectivity index (χ1n) is 12.9. The summed E-state index contributed by atoms with van der Waals surface area (Å²) in [7, 11) is 0. The number of piperidine rings is 1. The average molecular weight is 590 g/mol. The predicted octanol–water partition coefficient (Wildman–Crippen LogP) is 5.32. The van der Waals surface area contributed by atoms with Crippen molar-refractivity contribution in [3.63, 3.8) is 0 Å². The smallest absolute Gasteiger partial charge is 0.368 e. The van der Waals surface area contributed by atoms with Gasteiger partial charge in [0.25, 0.3) is 0 Å². The van der Waals surface area contributed by atoms with E-state index in [1.165, 1.54) is 49.9 Å². The molecule has 224 valence electrons. The summed E-state index contributed by atoms with van der Waals surface area (Å²) in [5.41, 5.74) is 1.97. The highest BCUT2D eigenvalue weighted by molar-refractivity contribution is 5.86. The lowest BCUT2D eigenvalue weighted by Crippen LogP contribution is -2.56. The number of carbonyl (C=O) groups excluding carboxylic acids is 2. The zero-order valence-electron chi connectivity index (χ0n) is 22.4. The number of amides is 2. The van der Waals surface area contributed by atoms with Crippen LogP contribution in [0.15, 0.2) is 42.5 Å². The summed E-state index contributed by atoms with van der Waals surface area (Å²) >= 11 is 0. The van der Waals surface area contributed by atoms with Crippen LogP contribution < -0.4 is 11.1 Å². The molecule has 2 aliphatic heterocycles. The zero-order valence-corrected chi connectivity index (χ0v) is 22.4. The summed E-state index contributed by atoms with van der Waals surface area (Å²) in [6.07, 6.45) is -11.9. The average Bonchev–Trinajstić information content (AvgIpc) is 3.21. The van der Waals surface area contributed by atoms with Crippen LogP contribution in [0.5, 0.6) is 0 Å². The number of hydrogen-bond donors (Lipinski definition) is 2. The lowest BCUT2D eigenvalue weighted by Gasteiger charge is -2.38. The highest BCUT2D eigenvalue weighted by atomic mass is 19.4. The third-order valence-electron chi connectivity index (χ3n) is 7.49. The molecule has 13 heteroatoms. The fourth-order valence-corrected chi connectivity index (χ4v) is 5.43. The number of rotatable bonds is 6. The molecule has 2 fully saturated rings. The minimum absolute atomic E-state index is 0.00399. The number of nitrogens with zero attached hydrogens (tertiary/aromatic N) is 1. The standard InChI is InChI=1S/C28H30F7N3O3/c1-14(16-8-17(27(30,31)32)10-18(9-16)28(33,34)35)41-22-13-38-21(24(22)15-4-6-19(29)7-5-15)11-20(12-23(38)39)37-25(40)26(2,3)36/h4-10,14,20-22,24H,11-13,36H2,1-3H3,(H,37,40)/t14-,20?,21?,22+,24?/m1/s1. The third-order valence-corrected chi connectivity index (χ3v) is 7.49. The molecule has 3 unspecified atom stereocenters. The van der Waals surface area contributed by atoms with E-state index in [0.717, 1.165) is 0 Å². The van der Waals surface area contributed by atoms with E-state index >= 15 is 0 Å². The molecule has 5 atom stereocenters. The van der Waals surface area contributed by atoms with Gasteiger partial charge in [-0.3, -0.25) is 9.59 Å². The van der Waals surface area contributed by atoms with E-state index in [0.29, 0.717) is 17.7 Å². The van der Waals surface area contributed by atoms with Crippen LogP contribution in [0.25, 0.3) is 0 Å². The second-order valence-corrected chi connectivity index (χ2v) is 11.2. The quantitative estimate of drug-likeness (QED) is 0.447. The number of nitrogens with one attached hydrogen (secondary N) is 1. The monoisotopic (exact) mass is 589 g/mol. The first-order valence-corrected chi connectivity index (χ1v) is 12.9. The van der Waals surface area contributed by atoms with Gasteiger partial charge in [-0.15, -0.1) is 0 Å². The Labute approximate surface area is 232 Å². The lowest BCUT2D eigenvalue weighted by molar-refractivity contribution is -0.143. The van der Waals surface area contributed by atoms with Crippen LogP contribution in [0.3, 0.4) is 0 Å². The molecule has 2 amide bonds. The van der Waals surface area contributed by atoms with Crippen LogP contribution >= 0.6 is 0 Å². The Balaban J connectivity index is 1.67. The molecule has 2 aromatic carbocycles. The zero-order chi connectivity index (χ0) is 30.5. The summed E-state index contributed by atoms with van der Waals surface area (Å²) in [5.74, 6) is -1.91. The number of nitrogens with two attached hydrogens (primary N) is 1. The van der Waals surface area contributed by atoms with E-state index in [1.807, 2.05) is 0 Å². The minimum Gasteiger partial charge on any atom is -0.368 e. The maximum Gasteiger partial charge on any atom is 0.416 e. The van der Waals surface area contributed by atoms with E-state index in [9.17, 15) is 40.3 Å². The molecule has 41 heavy (non-hydrogen) atoms. The van der Waals surface area contributed by atoms with Gasteiger partial charge in [-0.1, -0.05) is 12.1 Å². The van der Waals surface area contributed by atoms with Crippen molar-refractivity contribution in [2.75, 3.05) is 6.54 Å². The molecule has 2 aliphatic rings. The van der Waals surface area contributed by atoms with Gasteiger partial charge >= 0.3 is 12.4 Å². The van der Waals surface area contributed by atoms with Crippen molar-refractivity contribution in [3.8, 4) is 0 Å². The van der Waals surface area contributed by atoms with Crippen molar-refractivity contribution < 1.29 is 45.1 Å². The molecule has 3 N–H and O–H groups in total. The van der Waals surface area contributed by atoms with Crippen molar-refractivity contribution in [1.29, 1.82) is 0 Å². The van der Waals surface area contributed by atoms with E-state index < -0.39 is 71.0 Å². The molecule has 0 spiro atoms. The number of halogens is 7. The fraction of sp³-hybridized carbons (Fsp3) is 0.500. The molecular weight excluding hydrogens is 559 g/mol. The molecule has 0 radical (unpaired) electrons. The highest BCUT2D eigenvalue weighted by Crippen LogP contribution is 2.44. The number of benzene rings is 2. The largest absolute Gasteiger partial charge is 0.416 e. The fourth-order valence-electron chi connectivity index (χ4n) is 5.43. The van der Waals surface area contributed by atoms with Crippen molar-refractivity contribution in [1.82, 2.24) is 10.2 Å². The number of carbonyl (C=O) groups is 2. The van der Waals surface area contributed by atoms with Gasteiger partial charge in [0.05, 0.1) is 28.9 Å². The third kappa shape index (κ3) is 6.83. The summed E-state index contributed by atoms with van der Waals surface area (Å²) in [4.78, 5) is 27.2. The first kappa shape index (κ1) is 30.8. The summed E-state index contributed by atoms with van der Waals surface area (Å²) in [5, 5.41) is 2.78. The Bertz CT molecular complexity index is 1260. The van der Waals surface area contributed by atoms with Crippen LogP contribution in [-0.2, 0) is 26.7 Å². The number of alkyl halides is 6. The second kappa shape index (κ2) is 10.9. The van der Waals surface area contributed by atoms with Gasteiger partial charge in [0.15, 0.2) is 0 Å². The van der Waals surface area contributed by atoms with E-state index in [1.54, 1.807) is 0 Å². The van der Waals surface area contributed by atoms with Gasteiger partial charge in [-0.05, 0) is 68.7 Å². The molecule has 2 aromatic rings. The van der Waals surface area contributed by atoms with Crippen LogP contribution in [0.1, 0.15) is 67.9 Å². The molecule has 6 nitrogen and oxygen atoms in total. The van der Waals surface area contributed by atoms with Crippen molar-refractivity contribution in [2.45, 2.75) is 81.7 Å². The molecular formula is C28H30F7N3O3. The summed E-state index contributed by atoms with van der Waals surface area (Å²) < 4.78 is 101. The molecule has 4 rings (SSSR count). The predicted molar refractivity (Wildman–Crippen MR) is 134 cm³/mol. The van der Waals surface area contributed by atoms with Gasteiger partial charge < -0.3 is 20.7 Å². The van der Waals surface area contributed by atoms with Crippen molar-refractivity contribution in [3.05, 3.63) is 70.5 Å². The van der Waals surface area contributed by atoms with Gasteiger partial charge in [-0.2, -0.15) is 26.3 Å². The Hall–Kier alpha value is -3.19. The Kier molecular flexibility index (Phi) is 8.18. The van der Waals surface area contributed by atoms with E-state index in [4.69, 9.17) is 10.5 Å². The maximum atomic E-state index is 13.7. The van der Waals surface area contributed by atoms with Gasteiger partial charge in [0, 0.05) is 31.0 Å². The molecule has 2 saturated heterocycles. The summed E-state index contributed by atoms with van der Waals surface area (Å²) in [6, 6.07) is 5.56. The molecule has 0 aliphatic carbocycles.